The topological polar surface area (TPSA) is 28.2 Å². The molecule has 21 heavy (non-hydrogen) atoms. The quantitative estimate of drug-likeness (QED) is 0.876. The number of hydrogen-bond donors (Lipinski definition) is 1. The summed E-state index contributed by atoms with van der Waals surface area (Å²) in [6.45, 7) is 5.11. The number of alkyl halides is 3. The first-order valence-corrected chi connectivity index (χ1v) is 6.89. The molecule has 1 aliphatic rings. The Morgan fingerprint density at radius 3 is 2.52 bits per heavy atom. The van der Waals surface area contributed by atoms with Gasteiger partial charge in [-0.2, -0.15) is 13.2 Å². The monoisotopic (exact) mass is 295 g/mol. The van der Waals surface area contributed by atoms with Gasteiger partial charge in [-0.1, -0.05) is 0 Å². The van der Waals surface area contributed by atoms with Crippen LogP contribution in [0.1, 0.15) is 11.3 Å². The van der Waals surface area contributed by atoms with E-state index in [1.165, 1.54) is 12.1 Å². The minimum atomic E-state index is -4.33. The third-order valence-electron chi connectivity index (χ3n) is 3.70. The first-order valence-electron chi connectivity index (χ1n) is 6.89. The molecule has 0 radical (unpaired) electrons. The summed E-state index contributed by atoms with van der Waals surface area (Å²) in [4.78, 5) is 6.46. The molecule has 2 heterocycles. The van der Waals surface area contributed by atoms with Crippen LogP contribution in [0.3, 0.4) is 0 Å². The SMILES string of the molecule is Cc1cc(N2CCNCC2)c2cc(C(F)(F)F)ccc2n1. The molecule has 0 atom stereocenters. The van der Waals surface area contributed by atoms with E-state index in [0.29, 0.717) is 10.9 Å². The third-order valence-corrected chi connectivity index (χ3v) is 3.70. The first kappa shape index (κ1) is 14.1. The Kier molecular flexibility index (Phi) is 3.49. The number of nitrogens with zero attached hydrogens (tertiary/aromatic N) is 2. The van der Waals surface area contributed by atoms with Crippen LogP contribution in [0.4, 0.5) is 18.9 Å². The van der Waals surface area contributed by atoms with E-state index in [2.05, 4.69) is 15.2 Å². The summed E-state index contributed by atoms with van der Waals surface area (Å²) in [5.74, 6) is 0. The second kappa shape index (κ2) is 5.18. The molecule has 3 nitrogen and oxygen atoms in total. The van der Waals surface area contributed by atoms with E-state index in [-0.39, 0.29) is 0 Å². The van der Waals surface area contributed by atoms with Crippen LogP contribution in [0.5, 0.6) is 0 Å². The van der Waals surface area contributed by atoms with Crippen molar-refractivity contribution in [1.82, 2.24) is 10.3 Å². The predicted octanol–water partition coefficient (Wildman–Crippen LogP) is 2.97. The maximum Gasteiger partial charge on any atom is 0.416 e. The van der Waals surface area contributed by atoms with Crippen molar-refractivity contribution >= 4 is 16.6 Å². The Morgan fingerprint density at radius 2 is 1.86 bits per heavy atom. The second-order valence-corrected chi connectivity index (χ2v) is 5.25. The van der Waals surface area contributed by atoms with Gasteiger partial charge in [0.25, 0.3) is 0 Å². The van der Waals surface area contributed by atoms with Gasteiger partial charge in [0.15, 0.2) is 0 Å². The molecular weight excluding hydrogens is 279 g/mol. The average molecular weight is 295 g/mol. The lowest BCUT2D eigenvalue weighted by molar-refractivity contribution is -0.137. The molecule has 112 valence electrons. The lowest BCUT2D eigenvalue weighted by Gasteiger charge is -2.30. The summed E-state index contributed by atoms with van der Waals surface area (Å²) in [7, 11) is 0. The van der Waals surface area contributed by atoms with Crippen LogP contribution in [0, 0.1) is 6.92 Å². The molecule has 1 aromatic carbocycles. The van der Waals surface area contributed by atoms with Crippen molar-refractivity contribution in [2.75, 3.05) is 31.1 Å². The molecule has 0 saturated carbocycles. The highest BCUT2D eigenvalue weighted by Crippen LogP contribution is 2.34. The lowest BCUT2D eigenvalue weighted by Crippen LogP contribution is -2.43. The minimum Gasteiger partial charge on any atom is -0.368 e. The smallest absolute Gasteiger partial charge is 0.368 e. The zero-order valence-electron chi connectivity index (χ0n) is 11.7. The van der Waals surface area contributed by atoms with Crippen LogP contribution >= 0.6 is 0 Å². The van der Waals surface area contributed by atoms with Crippen LogP contribution in [0.2, 0.25) is 0 Å². The van der Waals surface area contributed by atoms with E-state index in [0.717, 1.165) is 43.6 Å². The van der Waals surface area contributed by atoms with Crippen LogP contribution in [-0.4, -0.2) is 31.2 Å². The van der Waals surface area contributed by atoms with Crippen molar-refractivity contribution in [3.8, 4) is 0 Å². The number of aromatic nitrogens is 1. The molecule has 0 spiro atoms. The molecule has 0 aliphatic carbocycles. The average Bonchev–Trinajstić information content (AvgIpc) is 2.46. The Morgan fingerprint density at radius 1 is 1.14 bits per heavy atom. The van der Waals surface area contributed by atoms with Crippen molar-refractivity contribution in [3.63, 3.8) is 0 Å². The maximum absolute atomic E-state index is 12.9. The normalized spacial score (nSPS) is 16.5. The maximum atomic E-state index is 12.9. The van der Waals surface area contributed by atoms with Gasteiger partial charge in [0.05, 0.1) is 11.1 Å². The van der Waals surface area contributed by atoms with Gasteiger partial charge < -0.3 is 10.2 Å². The molecule has 6 heteroatoms. The molecule has 0 bridgehead atoms. The van der Waals surface area contributed by atoms with Gasteiger partial charge >= 0.3 is 6.18 Å². The highest BCUT2D eigenvalue weighted by molar-refractivity contribution is 5.92. The Balaban J connectivity index is 2.16. The highest BCUT2D eigenvalue weighted by atomic mass is 19.4. The van der Waals surface area contributed by atoms with Gasteiger partial charge in [-0.3, -0.25) is 4.98 Å². The van der Waals surface area contributed by atoms with Crippen molar-refractivity contribution < 1.29 is 13.2 Å². The molecule has 1 saturated heterocycles. The van der Waals surface area contributed by atoms with Gasteiger partial charge in [0, 0.05) is 42.9 Å². The van der Waals surface area contributed by atoms with Crippen LogP contribution in [-0.2, 0) is 6.18 Å². The Bertz CT molecular complexity index is 661. The van der Waals surface area contributed by atoms with Gasteiger partial charge in [-0.25, -0.2) is 0 Å². The molecule has 1 aliphatic heterocycles. The molecule has 1 aromatic heterocycles. The van der Waals surface area contributed by atoms with E-state index in [1.54, 1.807) is 0 Å². The number of benzene rings is 1. The van der Waals surface area contributed by atoms with Crippen LogP contribution < -0.4 is 10.2 Å². The summed E-state index contributed by atoms with van der Waals surface area (Å²) in [6, 6.07) is 5.63. The molecule has 0 unspecified atom stereocenters. The van der Waals surface area contributed by atoms with E-state index < -0.39 is 11.7 Å². The van der Waals surface area contributed by atoms with Gasteiger partial charge in [-0.15, -0.1) is 0 Å². The number of anilines is 1. The van der Waals surface area contributed by atoms with E-state index in [9.17, 15) is 13.2 Å². The number of halogens is 3. The van der Waals surface area contributed by atoms with Crippen molar-refractivity contribution in [2.45, 2.75) is 13.1 Å². The largest absolute Gasteiger partial charge is 0.416 e. The zero-order chi connectivity index (χ0) is 15.0. The van der Waals surface area contributed by atoms with Crippen molar-refractivity contribution in [3.05, 3.63) is 35.5 Å². The Labute approximate surface area is 120 Å². The van der Waals surface area contributed by atoms with Crippen LogP contribution in [0.25, 0.3) is 10.9 Å². The van der Waals surface area contributed by atoms with Crippen molar-refractivity contribution in [2.24, 2.45) is 0 Å². The molecule has 0 amide bonds. The Hall–Kier alpha value is -1.82. The number of piperazine rings is 1. The summed E-state index contributed by atoms with van der Waals surface area (Å²) in [5.41, 5.74) is 1.63. The van der Waals surface area contributed by atoms with E-state index in [4.69, 9.17) is 0 Å². The first-order chi connectivity index (χ1) is 9.95. The summed E-state index contributed by atoms with van der Waals surface area (Å²) < 4.78 is 38.8. The highest BCUT2D eigenvalue weighted by Gasteiger charge is 2.31. The molecular formula is C15H16F3N3. The molecule has 2 aromatic rings. The molecule has 1 N–H and O–H groups in total. The fraction of sp³-hybridized carbons (Fsp3) is 0.400. The van der Waals surface area contributed by atoms with Gasteiger partial charge in [0.2, 0.25) is 0 Å². The number of rotatable bonds is 1. The summed E-state index contributed by atoms with van der Waals surface area (Å²) >= 11 is 0. The zero-order valence-corrected chi connectivity index (χ0v) is 11.7. The van der Waals surface area contributed by atoms with Gasteiger partial charge in [-0.05, 0) is 31.2 Å². The number of pyridine rings is 1. The minimum absolute atomic E-state index is 0.567. The molecule has 3 rings (SSSR count). The van der Waals surface area contributed by atoms with Gasteiger partial charge in [0.1, 0.15) is 0 Å². The summed E-state index contributed by atoms with van der Waals surface area (Å²) in [5, 5.41) is 3.81. The van der Waals surface area contributed by atoms with Crippen molar-refractivity contribution in [1.29, 1.82) is 0 Å². The standard InChI is InChI=1S/C15H16F3N3/c1-10-8-14(21-6-4-19-5-7-21)12-9-11(15(16,17)18)2-3-13(12)20-10/h2-3,8-9,19H,4-7H2,1H3. The third kappa shape index (κ3) is 2.81. The van der Waals surface area contributed by atoms with Crippen LogP contribution in [0.15, 0.2) is 24.3 Å². The lowest BCUT2D eigenvalue weighted by atomic mass is 10.1. The number of nitrogens with one attached hydrogen (secondary N) is 1. The fourth-order valence-electron chi connectivity index (χ4n) is 2.68. The number of aryl methyl sites for hydroxylation is 1. The summed E-state index contributed by atoms with van der Waals surface area (Å²) in [6.07, 6.45) is -4.33. The fourth-order valence-corrected chi connectivity index (χ4v) is 2.68. The predicted molar refractivity (Wildman–Crippen MR) is 76.6 cm³/mol. The number of hydrogen-bond acceptors (Lipinski definition) is 3. The second-order valence-electron chi connectivity index (χ2n) is 5.25. The van der Waals surface area contributed by atoms with E-state index in [1.807, 2.05) is 13.0 Å². The van der Waals surface area contributed by atoms with E-state index >= 15 is 0 Å². The number of fused-ring (bicyclic) bond motifs is 1. The molecule has 1 fully saturated rings.